The Kier molecular flexibility index (Phi) is 3.66. The van der Waals surface area contributed by atoms with Gasteiger partial charge in [0.15, 0.2) is 0 Å². The molecule has 0 aromatic rings. The molecule has 5 heteroatoms. The zero-order valence-corrected chi connectivity index (χ0v) is 10.1. The summed E-state index contributed by atoms with van der Waals surface area (Å²) in [5.74, 6) is -1.02. The van der Waals surface area contributed by atoms with Crippen LogP contribution < -0.4 is 0 Å². The minimum absolute atomic E-state index is 0.0175. The van der Waals surface area contributed by atoms with Crippen LogP contribution in [-0.4, -0.2) is 47.2 Å². The van der Waals surface area contributed by atoms with E-state index in [0.717, 1.165) is 19.3 Å². The molecule has 0 radical (unpaired) electrons. The second kappa shape index (κ2) is 5.04. The molecular weight excluding hydrogens is 222 g/mol. The number of amides is 1. The molecule has 5 nitrogen and oxygen atoms in total. The Labute approximate surface area is 101 Å². The van der Waals surface area contributed by atoms with Crippen LogP contribution in [0, 0.1) is 5.92 Å². The van der Waals surface area contributed by atoms with Crippen molar-refractivity contribution in [1.82, 2.24) is 4.90 Å². The van der Waals surface area contributed by atoms with Crippen molar-refractivity contribution in [2.75, 3.05) is 13.2 Å². The summed E-state index contributed by atoms with van der Waals surface area (Å²) in [6.07, 6.45) is 3.13. The Balaban J connectivity index is 1.95. The van der Waals surface area contributed by atoms with Gasteiger partial charge >= 0.3 is 5.97 Å². The Bertz CT molecular complexity index is 318. The Hall–Kier alpha value is -1.10. The molecule has 1 aliphatic carbocycles. The largest absolute Gasteiger partial charge is 0.480 e. The molecule has 2 rings (SSSR count). The lowest BCUT2D eigenvalue weighted by Crippen LogP contribution is -2.48. The summed E-state index contributed by atoms with van der Waals surface area (Å²) in [5, 5.41) is 9.10. The molecule has 2 fully saturated rings. The second-order valence-corrected chi connectivity index (χ2v) is 4.72. The maximum atomic E-state index is 12.1. The molecule has 3 atom stereocenters. The van der Waals surface area contributed by atoms with E-state index in [9.17, 15) is 9.59 Å². The molecule has 2 aliphatic rings. The number of piperidine rings is 1. The summed E-state index contributed by atoms with van der Waals surface area (Å²) in [5.41, 5.74) is 0. The molecule has 1 saturated heterocycles. The van der Waals surface area contributed by atoms with Gasteiger partial charge in [-0.1, -0.05) is 0 Å². The third kappa shape index (κ3) is 2.60. The maximum absolute atomic E-state index is 12.1. The van der Waals surface area contributed by atoms with Crippen LogP contribution in [0.25, 0.3) is 0 Å². The van der Waals surface area contributed by atoms with Gasteiger partial charge in [0.2, 0.25) is 5.91 Å². The molecule has 96 valence electrons. The van der Waals surface area contributed by atoms with Crippen LogP contribution in [0.1, 0.15) is 32.6 Å². The molecule has 1 aliphatic heterocycles. The molecule has 1 amide bonds. The van der Waals surface area contributed by atoms with E-state index >= 15 is 0 Å². The maximum Gasteiger partial charge on any atom is 0.326 e. The number of ether oxygens (including phenoxy) is 1. The molecule has 1 saturated carbocycles. The standard InChI is InChI=1S/C12H19NO4/c1-2-17-10-7-8(10)11(14)13-6-4-3-5-9(13)12(15)16/h8-10H,2-7H2,1H3,(H,15,16)/t8-,9+,10+/m0/s1. The van der Waals surface area contributed by atoms with E-state index in [1.54, 1.807) is 0 Å². The van der Waals surface area contributed by atoms with Gasteiger partial charge in [-0.3, -0.25) is 4.79 Å². The average molecular weight is 241 g/mol. The van der Waals surface area contributed by atoms with E-state index < -0.39 is 12.0 Å². The van der Waals surface area contributed by atoms with Gasteiger partial charge < -0.3 is 14.7 Å². The summed E-state index contributed by atoms with van der Waals surface area (Å²) in [4.78, 5) is 24.8. The molecule has 0 bridgehead atoms. The van der Waals surface area contributed by atoms with Gasteiger partial charge in [0, 0.05) is 13.2 Å². The summed E-state index contributed by atoms with van der Waals surface area (Å²) in [7, 11) is 0. The first-order chi connectivity index (χ1) is 8.15. The first kappa shape index (κ1) is 12.4. The Morgan fingerprint density at radius 2 is 2.18 bits per heavy atom. The van der Waals surface area contributed by atoms with Crippen molar-refractivity contribution < 1.29 is 19.4 Å². The van der Waals surface area contributed by atoms with E-state index in [2.05, 4.69) is 0 Å². The molecule has 1 heterocycles. The van der Waals surface area contributed by atoms with Gasteiger partial charge in [0.1, 0.15) is 6.04 Å². The fourth-order valence-electron chi connectivity index (χ4n) is 2.49. The van der Waals surface area contributed by atoms with Gasteiger partial charge in [-0.25, -0.2) is 4.79 Å². The predicted molar refractivity (Wildman–Crippen MR) is 60.5 cm³/mol. The topological polar surface area (TPSA) is 66.8 Å². The van der Waals surface area contributed by atoms with E-state index in [0.29, 0.717) is 19.6 Å². The smallest absolute Gasteiger partial charge is 0.326 e. The van der Waals surface area contributed by atoms with Crippen LogP contribution in [0.3, 0.4) is 0 Å². The molecule has 17 heavy (non-hydrogen) atoms. The van der Waals surface area contributed by atoms with E-state index in [1.165, 1.54) is 4.90 Å². The van der Waals surface area contributed by atoms with E-state index in [-0.39, 0.29) is 17.9 Å². The number of aliphatic carboxylic acids is 1. The third-order valence-electron chi connectivity index (χ3n) is 3.50. The minimum atomic E-state index is -0.883. The van der Waals surface area contributed by atoms with Gasteiger partial charge in [-0.2, -0.15) is 0 Å². The van der Waals surface area contributed by atoms with Gasteiger partial charge in [0.25, 0.3) is 0 Å². The molecule has 0 unspecified atom stereocenters. The van der Waals surface area contributed by atoms with Crippen molar-refractivity contribution in [3.63, 3.8) is 0 Å². The number of carbonyl (C=O) groups excluding carboxylic acids is 1. The lowest BCUT2D eigenvalue weighted by molar-refractivity contribution is -0.153. The SMILES string of the molecule is CCO[C@@H]1C[C@@H]1C(=O)N1CCCC[C@@H]1C(=O)O. The van der Waals surface area contributed by atoms with Gasteiger partial charge in [-0.05, 0) is 32.6 Å². The highest BCUT2D eigenvalue weighted by Crippen LogP contribution is 2.36. The number of nitrogens with zero attached hydrogens (tertiary/aromatic N) is 1. The quantitative estimate of drug-likeness (QED) is 0.793. The lowest BCUT2D eigenvalue weighted by Gasteiger charge is -2.33. The molecule has 0 aromatic carbocycles. The number of carboxylic acids is 1. The van der Waals surface area contributed by atoms with Crippen LogP contribution in [-0.2, 0) is 14.3 Å². The van der Waals surface area contributed by atoms with Gasteiger partial charge in [-0.15, -0.1) is 0 Å². The van der Waals surface area contributed by atoms with Crippen molar-refractivity contribution in [2.45, 2.75) is 44.8 Å². The summed E-state index contributed by atoms with van der Waals surface area (Å²) >= 11 is 0. The van der Waals surface area contributed by atoms with Crippen LogP contribution >= 0.6 is 0 Å². The highest BCUT2D eigenvalue weighted by Gasteiger charge is 2.48. The average Bonchev–Trinajstić information content (AvgIpc) is 3.08. The zero-order chi connectivity index (χ0) is 12.4. The van der Waals surface area contributed by atoms with Crippen LogP contribution in [0.4, 0.5) is 0 Å². The number of carboxylic acid groups (broad SMARTS) is 1. The van der Waals surface area contributed by atoms with Crippen LogP contribution in [0.5, 0.6) is 0 Å². The zero-order valence-electron chi connectivity index (χ0n) is 10.1. The lowest BCUT2D eigenvalue weighted by atomic mass is 10.0. The number of likely N-dealkylation sites (tertiary alicyclic amines) is 1. The second-order valence-electron chi connectivity index (χ2n) is 4.72. The molecule has 0 aromatic heterocycles. The molecule has 0 spiro atoms. The number of hydrogen-bond donors (Lipinski definition) is 1. The summed E-state index contributed by atoms with van der Waals surface area (Å²) < 4.78 is 5.38. The summed E-state index contributed by atoms with van der Waals surface area (Å²) in [6.45, 7) is 3.09. The number of rotatable bonds is 4. The van der Waals surface area contributed by atoms with Crippen LogP contribution in [0.2, 0.25) is 0 Å². The van der Waals surface area contributed by atoms with Crippen LogP contribution in [0.15, 0.2) is 0 Å². The Morgan fingerprint density at radius 1 is 1.41 bits per heavy atom. The van der Waals surface area contributed by atoms with E-state index in [4.69, 9.17) is 9.84 Å². The number of hydrogen-bond acceptors (Lipinski definition) is 3. The van der Waals surface area contributed by atoms with E-state index in [1.807, 2.05) is 6.92 Å². The van der Waals surface area contributed by atoms with Crippen molar-refractivity contribution in [3.05, 3.63) is 0 Å². The minimum Gasteiger partial charge on any atom is -0.480 e. The Morgan fingerprint density at radius 3 is 2.82 bits per heavy atom. The van der Waals surface area contributed by atoms with Crippen molar-refractivity contribution >= 4 is 11.9 Å². The number of carbonyl (C=O) groups is 2. The summed E-state index contributed by atoms with van der Waals surface area (Å²) in [6, 6.07) is -0.626. The molecule has 1 N–H and O–H groups in total. The molecular formula is C12H19NO4. The normalized spacial score (nSPS) is 32.3. The highest BCUT2D eigenvalue weighted by molar-refractivity contribution is 5.87. The highest BCUT2D eigenvalue weighted by atomic mass is 16.5. The predicted octanol–water partition coefficient (Wildman–Crippen LogP) is 0.877. The first-order valence-electron chi connectivity index (χ1n) is 6.30. The van der Waals surface area contributed by atoms with Gasteiger partial charge in [0.05, 0.1) is 12.0 Å². The third-order valence-corrected chi connectivity index (χ3v) is 3.50. The van der Waals surface area contributed by atoms with Crippen molar-refractivity contribution in [1.29, 1.82) is 0 Å². The van der Waals surface area contributed by atoms with Crippen molar-refractivity contribution in [2.24, 2.45) is 5.92 Å². The van der Waals surface area contributed by atoms with Crippen molar-refractivity contribution in [3.8, 4) is 0 Å². The fraction of sp³-hybridized carbons (Fsp3) is 0.833. The first-order valence-corrected chi connectivity index (χ1v) is 6.30. The fourth-order valence-corrected chi connectivity index (χ4v) is 2.49. The monoisotopic (exact) mass is 241 g/mol.